The van der Waals surface area contributed by atoms with Gasteiger partial charge < -0.3 is 10.6 Å². The van der Waals surface area contributed by atoms with Gasteiger partial charge in [0.25, 0.3) is 0 Å². The summed E-state index contributed by atoms with van der Waals surface area (Å²) in [5, 5.41) is 1.09. The molecule has 2 fully saturated rings. The molecule has 1 amide bonds. The average Bonchev–Trinajstić information content (AvgIpc) is 3.14. The lowest BCUT2D eigenvalue weighted by Gasteiger charge is -2.32. The van der Waals surface area contributed by atoms with Gasteiger partial charge in [0.1, 0.15) is 11.6 Å². The van der Waals surface area contributed by atoms with Crippen LogP contribution in [0.4, 0.5) is 5.82 Å². The molecule has 2 aliphatic heterocycles. The summed E-state index contributed by atoms with van der Waals surface area (Å²) in [7, 11) is 0. The molecule has 0 aliphatic carbocycles. The predicted molar refractivity (Wildman–Crippen MR) is 98.2 cm³/mol. The van der Waals surface area contributed by atoms with Crippen molar-refractivity contribution in [1.82, 2.24) is 14.9 Å². The van der Waals surface area contributed by atoms with Crippen LogP contribution in [0.25, 0.3) is 10.9 Å². The summed E-state index contributed by atoms with van der Waals surface area (Å²) in [6.45, 7) is 4.72. The van der Waals surface area contributed by atoms with Crippen LogP contribution >= 0.6 is 0 Å². The van der Waals surface area contributed by atoms with E-state index >= 15 is 0 Å². The molecule has 3 heterocycles. The third-order valence-electron chi connectivity index (χ3n) is 5.39. The zero-order valence-electron chi connectivity index (χ0n) is 14.5. The number of anilines is 1. The molecule has 2 N–H and O–H groups in total. The number of rotatable bonds is 4. The van der Waals surface area contributed by atoms with Crippen molar-refractivity contribution < 1.29 is 4.79 Å². The molecule has 6 heteroatoms. The number of primary amides is 1. The van der Waals surface area contributed by atoms with Crippen molar-refractivity contribution in [3.8, 4) is 0 Å². The number of nitrogens with zero attached hydrogens (tertiary/aromatic N) is 4. The van der Waals surface area contributed by atoms with Crippen LogP contribution in [0.2, 0.25) is 0 Å². The maximum Gasteiger partial charge on any atom is 0.220 e. The number of carbonyl (C=O) groups excluding carboxylic acids is 1. The van der Waals surface area contributed by atoms with E-state index in [1.54, 1.807) is 0 Å². The second kappa shape index (κ2) is 6.96. The van der Waals surface area contributed by atoms with Crippen LogP contribution in [-0.4, -0.2) is 47.0 Å². The van der Waals surface area contributed by atoms with Crippen LogP contribution in [-0.2, 0) is 11.3 Å². The van der Waals surface area contributed by atoms with Crippen molar-refractivity contribution in [3.63, 3.8) is 0 Å². The number of piperidine rings is 1. The van der Waals surface area contributed by atoms with E-state index in [1.165, 1.54) is 12.8 Å². The van der Waals surface area contributed by atoms with Crippen molar-refractivity contribution in [3.05, 3.63) is 30.1 Å². The quantitative estimate of drug-likeness (QED) is 0.921. The SMILES string of the molecule is NC(=O)C1CCN(c2nc(CN3CCCC3)nc3ccccc23)CC1. The number of amides is 1. The van der Waals surface area contributed by atoms with Crippen molar-refractivity contribution in [2.45, 2.75) is 32.2 Å². The maximum atomic E-state index is 11.4. The van der Waals surface area contributed by atoms with Crippen LogP contribution in [0.3, 0.4) is 0 Å². The second-order valence-electron chi connectivity index (χ2n) is 7.13. The topological polar surface area (TPSA) is 75.4 Å². The monoisotopic (exact) mass is 339 g/mol. The molecule has 2 aromatic rings. The summed E-state index contributed by atoms with van der Waals surface area (Å²) in [5.74, 6) is 1.71. The van der Waals surface area contributed by atoms with Gasteiger partial charge in [-0.25, -0.2) is 9.97 Å². The largest absolute Gasteiger partial charge is 0.369 e. The van der Waals surface area contributed by atoms with Gasteiger partial charge in [-0.05, 0) is 50.9 Å². The summed E-state index contributed by atoms with van der Waals surface area (Å²) < 4.78 is 0. The Labute approximate surface area is 148 Å². The Morgan fingerprint density at radius 3 is 2.52 bits per heavy atom. The molecule has 0 unspecified atom stereocenters. The zero-order chi connectivity index (χ0) is 17.2. The number of para-hydroxylation sites is 1. The van der Waals surface area contributed by atoms with Gasteiger partial charge in [0.15, 0.2) is 0 Å². The molecule has 2 saturated heterocycles. The first kappa shape index (κ1) is 16.3. The van der Waals surface area contributed by atoms with Gasteiger partial charge in [0.2, 0.25) is 5.91 Å². The zero-order valence-corrected chi connectivity index (χ0v) is 14.5. The third kappa shape index (κ3) is 3.44. The van der Waals surface area contributed by atoms with Crippen LogP contribution in [0, 0.1) is 5.92 Å². The number of aromatic nitrogens is 2. The lowest BCUT2D eigenvalue weighted by molar-refractivity contribution is -0.122. The Balaban J connectivity index is 1.63. The summed E-state index contributed by atoms with van der Waals surface area (Å²) in [6.07, 6.45) is 4.13. The average molecular weight is 339 g/mol. The Kier molecular flexibility index (Phi) is 4.53. The maximum absolute atomic E-state index is 11.4. The van der Waals surface area contributed by atoms with Crippen LogP contribution in [0.5, 0.6) is 0 Å². The molecule has 2 aliphatic rings. The van der Waals surface area contributed by atoms with Crippen molar-refractivity contribution in [2.24, 2.45) is 11.7 Å². The number of benzene rings is 1. The molecule has 1 aromatic heterocycles. The lowest BCUT2D eigenvalue weighted by Crippen LogP contribution is -2.39. The highest BCUT2D eigenvalue weighted by molar-refractivity contribution is 5.89. The molecule has 0 bridgehead atoms. The van der Waals surface area contributed by atoms with E-state index in [4.69, 9.17) is 15.7 Å². The number of fused-ring (bicyclic) bond motifs is 1. The minimum absolute atomic E-state index is 0.00609. The fourth-order valence-corrected chi connectivity index (χ4v) is 3.94. The van der Waals surface area contributed by atoms with Gasteiger partial charge in [0, 0.05) is 24.4 Å². The summed E-state index contributed by atoms with van der Waals surface area (Å²) in [4.78, 5) is 25.8. The number of hydrogen-bond donors (Lipinski definition) is 1. The molecule has 0 saturated carbocycles. The molecule has 1 aromatic carbocycles. The van der Waals surface area contributed by atoms with E-state index in [1.807, 2.05) is 12.1 Å². The highest BCUT2D eigenvalue weighted by atomic mass is 16.1. The first-order valence-corrected chi connectivity index (χ1v) is 9.23. The normalized spacial score (nSPS) is 19.6. The van der Waals surface area contributed by atoms with Gasteiger partial charge in [-0.1, -0.05) is 12.1 Å². The number of nitrogens with two attached hydrogens (primary N) is 1. The van der Waals surface area contributed by atoms with E-state index in [0.717, 1.165) is 68.1 Å². The molecule has 25 heavy (non-hydrogen) atoms. The predicted octanol–water partition coefficient (Wildman–Crippen LogP) is 1.93. The summed E-state index contributed by atoms with van der Waals surface area (Å²) in [6, 6.07) is 8.21. The third-order valence-corrected chi connectivity index (χ3v) is 5.39. The molecule has 0 radical (unpaired) electrons. The molecular formula is C19H25N5O. The summed E-state index contributed by atoms with van der Waals surface area (Å²) >= 11 is 0. The van der Waals surface area contributed by atoms with Crippen LogP contribution in [0.15, 0.2) is 24.3 Å². The number of hydrogen-bond acceptors (Lipinski definition) is 5. The standard InChI is InChI=1S/C19H25N5O/c20-18(25)14-7-11-24(12-8-14)19-15-5-1-2-6-16(15)21-17(22-19)13-23-9-3-4-10-23/h1-2,5-6,14H,3-4,7-13H2,(H2,20,25). The smallest absolute Gasteiger partial charge is 0.220 e. The van der Waals surface area contributed by atoms with E-state index in [0.29, 0.717) is 0 Å². The van der Waals surface area contributed by atoms with Gasteiger partial charge in [-0.15, -0.1) is 0 Å². The van der Waals surface area contributed by atoms with E-state index in [2.05, 4.69) is 21.9 Å². The van der Waals surface area contributed by atoms with Crippen molar-refractivity contribution in [1.29, 1.82) is 0 Å². The highest BCUT2D eigenvalue weighted by Gasteiger charge is 2.25. The summed E-state index contributed by atoms with van der Waals surface area (Å²) in [5.41, 5.74) is 6.47. The highest BCUT2D eigenvalue weighted by Crippen LogP contribution is 2.28. The minimum Gasteiger partial charge on any atom is -0.369 e. The van der Waals surface area contributed by atoms with Gasteiger partial charge >= 0.3 is 0 Å². The van der Waals surface area contributed by atoms with Crippen LogP contribution < -0.4 is 10.6 Å². The fraction of sp³-hybridized carbons (Fsp3) is 0.526. The number of carbonyl (C=O) groups is 1. The van der Waals surface area contributed by atoms with E-state index in [9.17, 15) is 4.79 Å². The van der Waals surface area contributed by atoms with Gasteiger partial charge in [0.05, 0.1) is 12.1 Å². The fourth-order valence-electron chi connectivity index (χ4n) is 3.94. The lowest BCUT2D eigenvalue weighted by atomic mass is 9.96. The van der Waals surface area contributed by atoms with E-state index in [-0.39, 0.29) is 11.8 Å². The molecule has 4 rings (SSSR count). The Morgan fingerprint density at radius 2 is 1.80 bits per heavy atom. The first-order chi connectivity index (χ1) is 12.2. The first-order valence-electron chi connectivity index (χ1n) is 9.23. The molecule has 6 nitrogen and oxygen atoms in total. The minimum atomic E-state index is -0.179. The van der Waals surface area contributed by atoms with Gasteiger partial charge in [-0.2, -0.15) is 0 Å². The molecule has 0 spiro atoms. The molecular weight excluding hydrogens is 314 g/mol. The Bertz CT molecular complexity index is 763. The Hall–Kier alpha value is -2.21. The van der Waals surface area contributed by atoms with E-state index < -0.39 is 0 Å². The van der Waals surface area contributed by atoms with Crippen molar-refractivity contribution >= 4 is 22.6 Å². The van der Waals surface area contributed by atoms with Crippen molar-refractivity contribution in [2.75, 3.05) is 31.1 Å². The van der Waals surface area contributed by atoms with Crippen LogP contribution in [0.1, 0.15) is 31.5 Å². The second-order valence-corrected chi connectivity index (χ2v) is 7.13. The van der Waals surface area contributed by atoms with Gasteiger partial charge in [-0.3, -0.25) is 9.69 Å². The molecule has 0 atom stereocenters. The Morgan fingerprint density at radius 1 is 1.08 bits per heavy atom. The molecule has 132 valence electrons. The number of likely N-dealkylation sites (tertiary alicyclic amines) is 1.